The van der Waals surface area contributed by atoms with Crippen molar-refractivity contribution in [1.29, 1.82) is 0 Å². The van der Waals surface area contributed by atoms with Gasteiger partial charge in [0.2, 0.25) is 0 Å². The molecule has 1 aromatic carbocycles. The van der Waals surface area contributed by atoms with Gasteiger partial charge in [0.05, 0.1) is 6.10 Å². The maximum absolute atomic E-state index is 9.87. The van der Waals surface area contributed by atoms with Crippen LogP contribution in [0, 0.1) is 5.92 Å². The Morgan fingerprint density at radius 1 is 1.40 bits per heavy atom. The molecule has 0 aromatic heterocycles. The lowest BCUT2D eigenvalue weighted by atomic mass is 9.90. The molecule has 2 N–H and O–H groups in total. The van der Waals surface area contributed by atoms with Crippen LogP contribution in [0.15, 0.2) is 28.7 Å². The van der Waals surface area contributed by atoms with E-state index in [1.807, 2.05) is 12.1 Å². The SMILES string of the molecule is OC1CCNCC1Cc1ccccc1Br. The summed E-state index contributed by atoms with van der Waals surface area (Å²) < 4.78 is 1.14. The average molecular weight is 270 g/mol. The molecule has 2 nitrogen and oxygen atoms in total. The van der Waals surface area contributed by atoms with E-state index in [4.69, 9.17) is 0 Å². The van der Waals surface area contributed by atoms with Crippen molar-refractivity contribution in [2.75, 3.05) is 13.1 Å². The van der Waals surface area contributed by atoms with E-state index < -0.39 is 0 Å². The van der Waals surface area contributed by atoms with Gasteiger partial charge in [-0.25, -0.2) is 0 Å². The van der Waals surface area contributed by atoms with Crippen molar-refractivity contribution in [3.63, 3.8) is 0 Å². The highest BCUT2D eigenvalue weighted by Gasteiger charge is 2.23. The topological polar surface area (TPSA) is 32.3 Å². The molecular formula is C12H16BrNO. The third-order valence-electron chi connectivity index (χ3n) is 3.01. The Labute approximate surface area is 98.8 Å². The molecule has 1 aliphatic heterocycles. The molecular weight excluding hydrogens is 254 g/mol. The summed E-state index contributed by atoms with van der Waals surface area (Å²) in [6.07, 6.45) is 1.66. The van der Waals surface area contributed by atoms with Crippen LogP contribution in [-0.2, 0) is 6.42 Å². The quantitative estimate of drug-likeness (QED) is 0.861. The molecule has 1 fully saturated rings. The number of aliphatic hydroxyl groups is 1. The van der Waals surface area contributed by atoms with Gasteiger partial charge in [0, 0.05) is 16.9 Å². The second-order valence-electron chi connectivity index (χ2n) is 4.12. The summed E-state index contributed by atoms with van der Waals surface area (Å²) in [7, 11) is 0. The van der Waals surface area contributed by atoms with E-state index in [1.54, 1.807) is 0 Å². The number of hydrogen-bond donors (Lipinski definition) is 2. The molecule has 2 unspecified atom stereocenters. The van der Waals surface area contributed by atoms with Gasteiger partial charge >= 0.3 is 0 Å². The summed E-state index contributed by atoms with van der Waals surface area (Å²) in [6, 6.07) is 8.23. The summed E-state index contributed by atoms with van der Waals surface area (Å²) in [6.45, 7) is 1.86. The van der Waals surface area contributed by atoms with Crippen molar-refractivity contribution >= 4 is 15.9 Å². The van der Waals surface area contributed by atoms with Crippen molar-refractivity contribution in [2.24, 2.45) is 5.92 Å². The predicted octanol–water partition coefficient (Wildman–Crippen LogP) is 1.96. The van der Waals surface area contributed by atoms with E-state index in [-0.39, 0.29) is 6.10 Å². The highest BCUT2D eigenvalue weighted by atomic mass is 79.9. The Morgan fingerprint density at radius 3 is 2.93 bits per heavy atom. The van der Waals surface area contributed by atoms with Crippen LogP contribution in [0.1, 0.15) is 12.0 Å². The number of halogens is 1. The van der Waals surface area contributed by atoms with Crippen LogP contribution in [0.4, 0.5) is 0 Å². The van der Waals surface area contributed by atoms with Crippen LogP contribution in [0.2, 0.25) is 0 Å². The van der Waals surface area contributed by atoms with E-state index in [0.717, 1.165) is 30.4 Å². The summed E-state index contributed by atoms with van der Waals surface area (Å²) in [4.78, 5) is 0. The van der Waals surface area contributed by atoms with Gasteiger partial charge in [-0.15, -0.1) is 0 Å². The zero-order chi connectivity index (χ0) is 10.7. The van der Waals surface area contributed by atoms with Crippen LogP contribution in [0.25, 0.3) is 0 Å². The first-order valence-electron chi connectivity index (χ1n) is 5.39. The first kappa shape index (κ1) is 11.1. The highest BCUT2D eigenvalue weighted by Crippen LogP contribution is 2.22. The minimum absolute atomic E-state index is 0.154. The molecule has 0 saturated carbocycles. The smallest absolute Gasteiger partial charge is 0.0595 e. The molecule has 0 bridgehead atoms. The van der Waals surface area contributed by atoms with Crippen LogP contribution in [0.5, 0.6) is 0 Å². The molecule has 82 valence electrons. The number of rotatable bonds is 2. The highest BCUT2D eigenvalue weighted by molar-refractivity contribution is 9.10. The Morgan fingerprint density at radius 2 is 2.20 bits per heavy atom. The van der Waals surface area contributed by atoms with Gasteiger partial charge in [-0.2, -0.15) is 0 Å². The van der Waals surface area contributed by atoms with Gasteiger partial charge in [0.1, 0.15) is 0 Å². The Kier molecular flexibility index (Phi) is 3.78. The molecule has 0 aliphatic carbocycles. The third-order valence-corrected chi connectivity index (χ3v) is 3.78. The van der Waals surface area contributed by atoms with E-state index in [0.29, 0.717) is 5.92 Å². The number of hydrogen-bond acceptors (Lipinski definition) is 2. The molecule has 2 atom stereocenters. The van der Waals surface area contributed by atoms with E-state index in [1.165, 1.54) is 5.56 Å². The summed E-state index contributed by atoms with van der Waals surface area (Å²) in [5.74, 6) is 0.345. The van der Waals surface area contributed by atoms with Crippen molar-refractivity contribution in [2.45, 2.75) is 18.9 Å². The maximum atomic E-state index is 9.87. The van der Waals surface area contributed by atoms with E-state index in [9.17, 15) is 5.11 Å². The normalized spacial score (nSPS) is 26.5. The van der Waals surface area contributed by atoms with Crippen molar-refractivity contribution in [3.8, 4) is 0 Å². The Bertz CT molecular complexity index is 329. The van der Waals surface area contributed by atoms with Gasteiger partial charge in [0.25, 0.3) is 0 Å². The second-order valence-corrected chi connectivity index (χ2v) is 4.97. The predicted molar refractivity (Wildman–Crippen MR) is 64.8 cm³/mol. The van der Waals surface area contributed by atoms with Crippen LogP contribution in [0.3, 0.4) is 0 Å². The molecule has 0 radical (unpaired) electrons. The van der Waals surface area contributed by atoms with Crippen LogP contribution in [-0.4, -0.2) is 24.3 Å². The molecule has 15 heavy (non-hydrogen) atoms. The fourth-order valence-corrected chi connectivity index (χ4v) is 2.51. The number of nitrogens with one attached hydrogen (secondary N) is 1. The van der Waals surface area contributed by atoms with Gasteiger partial charge < -0.3 is 10.4 Å². The van der Waals surface area contributed by atoms with Crippen molar-refractivity contribution < 1.29 is 5.11 Å². The molecule has 2 rings (SSSR count). The van der Waals surface area contributed by atoms with Gasteiger partial charge in [-0.1, -0.05) is 34.1 Å². The minimum Gasteiger partial charge on any atom is -0.393 e. The maximum Gasteiger partial charge on any atom is 0.0595 e. The Hall–Kier alpha value is -0.380. The lowest BCUT2D eigenvalue weighted by Crippen LogP contribution is -2.40. The fourth-order valence-electron chi connectivity index (χ4n) is 2.06. The number of benzene rings is 1. The zero-order valence-electron chi connectivity index (χ0n) is 8.62. The number of aliphatic hydroxyl groups excluding tert-OH is 1. The van der Waals surface area contributed by atoms with Gasteiger partial charge in [-0.05, 0) is 31.0 Å². The summed E-state index contributed by atoms with van der Waals surface area (Å²) in [5.41, 5.74) is 1.28. The lowest BCUT2D eigenvalue weighted by Gasteiger charge is -2.28. The number of piperidine rings is 1. The first-order chi connectivity index (χ1) is 7.27. The fraction of sp³-hybridized carbons (Fsp3) is 0.500. The molecule has 1 aliphatic rings. The summed E-state index contributed by atoms with van der Waals surface area (Å²) >= 11 is 3.54. The molecule has 0 spiro atoms. The third kappa shape index (κ3) is 2.80. The van der Waals surface area contributed by atoms with Gasteiger partial charge in [-0.3, -0.25) is 0 Å². The van der Waals surface area contributed by atoms with E-state index in [2.05, 4.69) is 33.4 Å². The van der Waals surface area contributed by atoms with Crippen LogP contribution >= 0.6 is 15.9 Å². The second kappa shape index (κ2) is 5.10. The molecule has 1 heterocycles. The molecule has 3 heteroatoms. The zero-order valence-corrected chi connectivity index (χ0v) is 10.2. The molecule has 1 saturated heterocycles. The monoisotopic (exact) mass is 269 g/mol. The van der Waals surface area contributed by atoms with Gasteiger partial charge in [0.15, 0.2) is 0 Å². The van der Waals surface area contributed by atoms with Crippen molar-refractivity contribution in [1.82, 2.24) is 5.32 Å². The molecule has 1 aromatic rings. The van der Waals surface area contributed by atoms with Crippen molar-refractivity contribution in [3.05, 3.63) is 34.3 Å². The largest absolute Gasteiger partial charge is 0.393 e. The standard InChI is InChI=1S/C12H16BrNO/c13-11-4-2-1-3-9(11)7-10-8-14-6-5-12(10)15/h1-4,10,12,14-15H,5-8H2. The first-order valence-corrected chi connectivity index (χ1v) is 6.19. The molecule has 0 amide bonds. The van der Waals surface area contributed by atoms with E-state index >= 15 is 0 Å². The minimum atomic E-state index is -0.154. The van der Waals surface area contributed by atoms with Crippen LogP contribution < -0.4 is 5.32 Å². The summed E-state index contributed by atoms with van der Waals surface area (Å²) in [5, 5.41) is 13.2. The lowest BCUT2D eigenvalue weighted by molar-refractivity contribution is 0.0791. The Balaban J connectivity index is 2.04. The average Bonchev–Trinajstić information content (AvgIpc) is 2.24.